The van der Waals surface area contributed by atoms with Gasteiger partial charge in [0.1, 0.15) is 5.82 Å². The Bertz CT molecular complexity index is 1060. The van der Waals surface area contributed by atoms with Gasteiger partial charge in [0.15, 0.2) is 5.76 Å². The highest BCUT2D eigenvalue weighted by Gasteiger charge is 2.17. The van der Waals surface area contributed by atoms with Gasteiger partial charge in [0.25, 0.3) is 0 Å². The van der Waals surface area contributed by atoms with Gasteiger partial charge in [-0.25, -0.2) is 9.07 Å². The fourth-order valence-corrected chi connectivity index (χ4v) is 3.29. The molecule has 0 aliphatic heterocycles. The molecule has 0 saturated carbocycles. The molecule has 0 aliphatic carbocycles. The normalized spacial score (nSPS) is 11.3. The molecule has 2 heterocycles. The topological polar surface area (TPSA) is 47.1 Å². The smallest absolute Gasteiger partial charge is 0.150 e. The van der Waals surface area contributed by atoms with Crippen molar-refractivity contribution in [2.45, 2.75) is 13.1 Å². The molecule has 7 heteroatoms. The standard InChI is InChI=1S/C21H18ClFN4O/c1-26(14-18-10-11-24-28-18)12-15-13-27(17-8-6-16(23)7-9-17)25-21(15)19-4-2-3-5-20(19)22/h2-11,13H,12,14H2,1H3. The minimum Gasteiger partial charge on any atom is -0.360 e. The predicted molar refractivity (Wildman–Crippen MR) is 106 cm³/mol. The SMILES string of the molecule is CN(Cc1ccno1)Cc1cn(-c2ccc(F)cc2)nc1-c1ccccc1Cl. The third kappa shape index (κ3) is 3.98. The van der Waals surface area contributed by atoms with Crippen molar-refractivity contribution in [2.75, 3.05) is 7.05 Å². The number of rotatable bonds is 6. The highest BCUT2D eigenvalue weighted by Crippen LogP contribution is 2.30. The van der Waals surface area contributed by atoms with Crippen molar-refractivity contribution in [3.05, 3.63) is 89.2 Å². The lowest BCUT2D eigenvalue weighted by atomic mass is 10.1. The van der Waals surface area contributed by atoms with Gasteiger partial charge in [-0.3, -0.25) is 4.90 Å². The Morgan fingerprint density at radius 3 is 2.57 bits per heavy atom. The maximum absolute atomic E-state index is 13.3. The first-order chi connectivity index (χ1) is 13.6. The zero-order valence-electron chi connectivity index (χ0n) is 15.2. The van der Waals surface area contributed by atoms with Crippen LogP contribution >= 0.6 is 11.6 Å². The van der Waals surface area contributed by atoms with Crippen LogP contribution in [0.2, 0.25) is 5.02 Å². The van der Waals surface area contributed by atoms with Gasteiger partial charge in [-0.2, -0.15) is 5.10 Å². The monoisotopic (exact) mass is 396 g/mol. The molecule has 142 valence electrons. The Hall–Kier alpha value is -2.96. The number of hydrogen-bond donors (Lipinski definition) is 0. The van der Waals surface area contributed by atoms with E-state index in [2.05, 4.69) is 10.1 Å². The zero-order chi connectivity index (χ0) is 19.5. The largest absolute Gasteiger partial charge is 0.360 e. The van der Waals surface area contributed by atoms with Gasteiger partial charge in [-0.15, -0.1) is 0 Å². The van der Waals surface area contributed by atoms with Crippen LogP contribution in [-0.2, 0) is 13.1 Å². The molecule has 28 heavy (non-hydrogen) atoms. The molecule has 0 amide bonds. The van der Waals surface area contributed by atoms with Crippen molar-refractivity contribution >= 4 is 11.6 Å². The van der Waals surface area contributed by atoms with Crippen LogP contribution in [-0.4, -0.2) is 26.9 Å². The molecule has 5 nitrogen and oxygen atoms in total. The number of aromatic nitrogens is 3. The third-order valence-electron chi connectivity index (χ3n) is 4.37. The summed E-state index contributed by atoms with van der Waals surface area (Å²) >= 11 is 6.42. The van der Waals surface area contributed by atoms with E-state index >= 15 is 0 Å². The first-order valence-electron chi connectivity index (χ1n) is 8.77. The number of halogens is 2. The Morgan fingerprint density at radius 1 is 1.07 bits per heavy atom. The molecule has 0 saturated heterocycles. The summed E-state index contributed by atoms with van der Waals surface area (Å²) in [5, 5.41) is 9.11. The van der Waals surface area contributed by atoms with Crippen molar-refractivity contribution in [3.63, 3.8) is 0 Å². The summed E-state index contributed by atoms with van der Waals surface area (Å²) in [5.74, 6) is 0.502. The minimum atomic E-state index is -0.283. The summed E-state index contributed by atoms with van der Waals surface area (Å²) in [6, 6.07) is 15.7. The van der Waals surface area contributed by atoms with E-state index in [-0.39, 0.29) is 5.82 Å². The summed E-state index contributed by atoms with van der Waals surface area (Å²) in [4.78, 5) is 2.10. The highest BCUT2D eigenvalue weighted by molar-refractivity contribution is 6.33. The second kappa shape index (κ2) is 7.96. The van der Waals surface area contributed by atoms with E-state index in [1.165, 1.54) is 12.1 Å². The lowest BCUT2D eigenvalue weighted by Crippen LogP contribution is -2.17. The fourth-order valence-electron chi connectivity index (χ4n) is 3.07. The van der Waals surface area contributed by atoms with Gasteiger partial charge >= 0.3 is 0 Å². The van der Waals surface area contributed by atoms with Crippen molar-refractivity contribution < 1.29 is 8.91 Å². The zero-order valence-corrected chi connectivity index (χ0v) is 16.0. The van der Waals surface area contributed by atoms with Gasteiger partial charge in [0.05, 0.1) is 29.1 Å². The average Bonchev–Trinajstić information content (AvgIpc) is 3.33. The van der Waals surface area contributed by atoms with Crippen LogP contribution in [0.1, 0.15) is 11.3 Å². The number of hydrogen-bond acceptors (Lipinski definition) is 4. The van der Waals surface area contributed by atoms with Gasteiger partial charge in [-0.1, -0.05) is 35.0 Å². The Labute approximate surface area is 166 Å². The average molecular weight is 397 g/mol. The van der Waals surface area contributed by atoms with Crippen LogP contribution in [0.5, 0.6) is 0 Å². The third-order valence-corrected chi connectivity index (χ3v) is 4.70. The van der Waals surface area contributed by atoms with Crippen molar-refractivity contribution in [2.24, 2.45) is 0 Å². The van der Waals surface area contributed by atoms with E-state index in [1.807, 2.05) is 43.6 Å². The quantitative estimate of drug-likeness (QED) is 0.462. The maximum Gasteiger partial charge on any atom is 0.150 e. The van der Waals surface area contributed by atoms with Crippen LogP contribution in [0.4, 0.5) is 4.39 Å². The first-order valence-corrected chi connectivity index (χ1v) is 9.15. The van der Waals surface area contributed by atoms with Crippen LogP contribution in [0.3, 0.4) is 0 Å². The second-order valence-corrected chi connectivity index (χ2v) is 6.96. The van der Waals surface area contributed by atoms with Gasteiger partial charge < -0.3 is 4.52 Å². The van der Waals surface area contributed by atoms with Crippen molar-refractivity contribution in [1.82, 2.24) is 19.8 Å². The molecule has 2 aromatic heterocycles. The lowest BCUT2D eigenvalue weighted by molar-refractivity contribution is 0.267. The molecular weight excluding hydrogens is 379 g/mol. The summed E-state index contributed by atoms with van der Waals surface area (Å²) < 4.78 is 20.2. The van der Waals surface area contributed by atoms with Crippen molar-refractivity contribution in [1.29, 1.82) is 0 Å². The molecule has 0 bridgehead atoms. The molecule has 0 unspecified atom stereocenters. The molecule has 0 fully saturated rings. The molecular formula is C21H18ClFN4O. The van der Waals surface area contributed by atoms with E-state index in [0.29, 0.717) is 18.1 Å². The first kappa shape index (κ1) is 18.4. The lowest BCUT2D eigenvalue weighted by Gasteiger charge is -2.14. The van der Waals surface area contributed by atoms with Crippen LogP contribution in [0, 0.1) is 5.82 Å². The Balaban J connectivity index is 1.70. The van der Waals surface area contributed by atoms with Gasteiger partial charge in [0.2, 0.25) is 0 Å². The summed E-state index contributed by atoms with van der Waals surface area (Å²) in [5.41, 5.74) is 3.42. The molecule has 2 aromatic carbocycles. The summed E-state index contributed by atoms with van der Waals surface area (Å²) in [6.07, 6.45) is 3.58. The molecule has 0 radical (unpaired) electrons. The predicted octanol–water partition coefficient (Wildman–Crippen LogP) is 4.95. The molecule has 4 rings (SSSR count). The van der Waals surface area contributed by atoms with E-state index in [4.69, 9.17) is 21.2 Å². The molecule has 0 N–H and O–H groups in total. The maximum atomic E-state index is 13.3. The highest BCUT2D eigenvalue weighted by atomic mass is 35.5. The minimum absolute atomic E-state index is 0.283. The van der Waals surface area contributed by atoms with E-state index in [9.17, 15) is 4.39 Å². The van der Waals surface area contributed by atoms with E-state index in [0.717, 1.165) is 28.3 Å². The number of nitrogens with zero attached hydrogens (tertiary/aromatic N) is 4. The molecule has 0 spiro atoms. The molecule has 0 aliphatic rings. The number of benzene rings is 2. The van der Waals surface area contributed by atoms with Crippen molar-refractivity contribution in [3.8, 4) is 16.9 Å². The van der Waals surface area contributed by atoms with Crippen LogP contribution in [0.25, 0.3) is 16.9 Å². The van der Waals surface area contributed by atoms with Crippen LogP contribution < -0.4 is 0 Å². The van der Waals surface area contributed by atoms with Gasteiger partial charge in [0, 0.05) is 29.9 Å². The Kier molecular flexibility index (Phi) is 5.23. The fraction of sp³-hybridized carbons (Fsp3) is 0.143. The second-order valence-electron chi connectivity index (χ2n) is 6.55. The Morgan fingerprint density at radius 2 is 1.86 bits per heavy atom. The van der Waals surface area contributed by atoms with E-state index < -0.39 is 0 Å². The van der Waals surface area contributed by atoms with E-state index in [1.54, 1.807) is 23.0 Å². The molecule has 0 atom stereocenters. The summed E-state index contributed by atoms with van der Waals surface area (Å²) in [7, 11) is 1.99. The summed E-state index contributed by atoms with van der Waals surface area (Å²) in [6.45, 7) is 1.24. The van der Waals surface area contributed by atoms with Gasteiger partial charge in [-0.05, 0) is 37.4 Å². The van der Waals surface area contributed by atoms with Crippen LogP contribution in [0.15, 0.2) is 71.5 Å². The molecule has 4 aromatic rings.